The molecular weight excluding hydrogens is 260 g/mol. The maximum Gasteiger partial charge on any atom is 0.242 e. The Bertz CT molecular complexity index is 407. The predicted molar refractivity (Wildman–Crippen MR) is 71.7 cm³/mol. The van der Waals surface area contributed by atoms with Gasteiger partial charge in [-0.25, -0.2) is 4.98 Å². The van der Waals surface area contributed by atoms with Crippen LogP contribution in [0.15, 0.2) is 0 Å². The minimum Gasteiger partial charge on any atom is -0.320 e. The molecule has 0 radical (unpaired) electrons. The number of carbonyl (C=O) groups excluding carboxylic acids is 1. The fourth-order valence-corrected chi connectivity index (χ4v) is 2.69. The van der Waals surface area contributed by atoms with E-state index in [1.807, 2.05) is 0 Å². The second-order valence-electron chi connectivity index (χ2n) is 4.15. The molecule has 0 aliphatic carbocycles. The molecule has 1 amide bonds. The first-order valence-electron chi connectivity index (χ1n) is 5.30. The number of halogens is 1. The van der Waals surface area contributed by atoms with Gasteiger partial charge < -0.3 is 16.0 Å². The van der Waals surface area contributed by atoms with Crippen molar-refractivity contribution in [2.24, 2.45) is 5.73 Å². The minimum absolute atomic E-state index is 0. The van der Waals surface area contributed by atoms with E-state index in [1.165, 1.54) is 4.88 Å². The van der Waals surface area contributed by atoms with Gasteiger partial charge in [0.2, 0.25) is 5.91 Å². The van der Waals surface area contributed by atoms with Crippen molar-refractivity contribution in [1.82, 2.24) is 9.88 Å². The van der Waals surface area contributed by atoms with E-state index in [-0.39, 0.29) is 18.3 Å². The topological polar surface area (TPSA) is 71.2 Å². The number of rotatable bonds is 2. The summed E-state index contributed by atoms with van der Waals surface area (Å²) in [7, 11) is 2.09. The van der Waals surface area contributed by atoms with Gasteiger partial charge in [-0.3, -0.25) is 4.79 Å². The average molecular weight is 277 g/mol. The third-order valence-corrected chi connectivity index (χ3v) is 3.56. The van der Waals surface area contributed by atoms with E-state index >= 15 is 0 Å². The highest BCUT2D eigenvalue weighted by molar-refractivity contribution is 7.15. The average Bonchev–Trinajstić information content (AvgIpc) is 2.58. The molecule has 0 aromatic carbocycles. The smallest absolute Gasteiger partial charge is 0.242 e. The number of aromatic nitrogens is 1. The lowest BCUT2D eigenvalue weighted by atomic mass is 10.2. The zero-order valence-electron chi connectivity index (χ0n) is 9.90. The summed E-state index contributed by atoms with van der Waals surface area (Å²) in [4.78, 5) is 19.3. The third-order valence-electron chi connectivity index (χ3n) is 2.57. The Hall–Kier alpha value is -0.690. The van der Waals surface area contributed by atoms with Crippen molar-refractivity contribution in [3.05, 3.63) is 10.6 Å². The lowest BCUT2D eigenvalue weighted by Crippen LogP contribution is -2.32. The van der Waals surface area contributed by atoms with Crippen LogP contribution in [-0.2, 0) is 17.8 Å². The van der Waals surface area contributed by atoms with E-state index in [9.17, 15) is 4.79 Å². The Morgan fingerprint density at radius 3 is 3.00 bits per heavy atom. The van der Waals surface area contributed by atoms with Gasteiger partial charge in [-0.15, -0.1) is 23.7 Å². The normalized spacial score (nSPS) is 16.9. The zero-order valence-corrected chi connectivity index (χ0v) is 11.5. The van der Waals surface area contributed by atoms with Crippen molar-refractivity contribution < 1.29 is 4.79 Å². The Morgan fingerprint density at radius 1 is 1.65 bits per heavy atom. The van der Waals surface area contributed by atoms with E-state index in [1.54, 1.807) is 18.3 Å². The Labute approximate surface area is 111 Å². The fraction of sp³-hybridized carbons (Fsp3) is 0.600. The van der Waals surface area contributed by atoms with E-state index in [0.717, 1.165) is 25.2 Å². The number of nitrogens with two attached hydrogens (primary N) is 1. The molecule has 0 fully saturated rings. The molecule has 0 saturated heterocycles. The van der Waals surface area contributed by atoms with Crippen LogP contribution in [0.25, 0.3) is 0 Å². The second-order valence-corrected chi connectivity index (χ2v) is 5.24. The van der Waals surface area contributed by atoms with Gasteiger partial charge in [0.15, 0.2) is 5.13 Å². The zero-order chi connectivity index (χ0) is 11.7. The number of hydrogen-bond donors (Lipinski definition) is 2. The van der Waals surface area contributed by atoms with Crippen LogP contribution >= 0.6 is 23.7 Å². The van der Waals surface area contributed by atoms with Gasteiger partial charge in [0.1, 0.15) is 0 Å². The highest BCUT2D eigenvalue weighted by Gasteiger charge is 2.19. The lowest BCUT2D eigenvalue weighted by molar-refractivity contribution is -0.117. The van der Waals surface area contributed by atoms with Gasteiger partial charge in [-0.05, 0) is 14.0 Å². The Balaban J connectivity index is 0.00000144. The number of nitrogens with one attached hydrogen (secondary N) is 1. The fourth-order valence-electron chi connectivity index (χ4n) is 1.60. The molecule has 17 heavy (non-hydrogen) atoms. The van der Waals surface area contributed by atoms with Gasteiger partial charge in [0.05, 0.1) is 11.7 Å². The standard InChI is InChI=1S/C10H16N4OS.ClH/c1-6(11)9(15)13-10-12-7-3-4-14(2)5-8(7)16-10;/h6H,3-5,11H2,1-2H3,(H,12,13,15);1H. The Morgan fingerprint density at radius 2 is 2.35 bits per heavy atom. The van der Waals surface area contributed by atoms with Crippen LogP contribution in [0.3, 0.4) is 0 Å². The number of fused-ring (bicyclic) bond motifs is 1. The first-order valence-corrected chi connectivity index (χ1v) is 6.11. The minimum atomic E-state index is -0.497. The van der Waals surface area contributed by atoms with Crippen molar-refractivity contribution in [2.75, 3.05) is 18.9 Å². The van der Waals surface area contributed by atoms with Crippen molar-refractivity contribution in [2.45, 2.75) is 25.9 Å². The lowest BCUT2D eigenvalue weighted by Gasteiger charge is -2.20. The molecule has 0 bridgehead atoms. The number of nitrogens with zero attached hydrogens (tertiary/aromatic N) is 2. The van der Waals surface area contributed by atoms with Crippen LogP contribution in [-0.4, -0.2) is 35.4 Å². The highest BCUT2D eigenvalue weighted by atomic mass is 35.5. The molecule has 1 atom stereocenters. The summed E-state index contributed by atoms with van der Waals surface area (Å²) in [6, 6.07) is -0.497. The molecule has 3 N–H and O–H groups in total. The largest absolute Gasteiger partial charge is 0.320 e. The highest BCUT2D eigenvalue weighted by Crippen LogP contribution is 2.27. The molecule has 1 unspecified atom stereocenters. The van der Waals surface area contributed by atoms with Gasteiger partial charge in [-0.1, -0.05) is 0 Å². The summed E-state index contributed by atoms with van der Waals surface area (Å²) >= 11 is 1.54. The van der Waals surface area contributed by atoms with Crippen LogP contribution in [0.5, 0.6) is 0 Å². The number of likely N-dealkylation sites (N-methyl/N-ethyl adjacent to an activating group) is 1. The monoisotopic (exact) mass is 276 g/mol. The molecule has 1 aliphatic rings. The van der Waals surface area contributed by atoms with Gasteiger partial charge in [0, 0.05) is 24.4 Å². The molecule has 7 heteroatoms. The van der Waals surface area contributed by atoms with Crippen LogP contribution in [0.1, 0.15) is 17.5 Å². The molecular formula is C10H17ClN4OS. The summed E-state index contributed by atoms with van der Waals surface area (Å²) in [6.07, 6.45) is 0.955. The van der Waals surface area contributed by atoms with Crippen molar-refractivity contribution >= 4 is 34.8 Å². The van der Waals surface area contributed by atoms with Crippen molar-refractivity contribution in [1.29, 1.82) is 0 Å². The van der Waals surface area contributed by atoms with Crippen LogP contribution < -0.4 is 11.1 Å². The molecule has 0 spiro atoms. The van der Waals surface area contributed by atoms with Gasteiger partial charge >= 0.3 is 0 Å². The number of thiazole rings is 1. The summed E-state index contributed by atoms with van der Waals surface area (Å²) in [5.41, 5.74) is 6.60. The molecule has 2 rings (SSSR count). The summed E-state index contributed by atoms with van der Waals surface area (Å²) in [5, 5.41) is 3.41. The molecule has 1 aliphatic heterocycles. The van der Waals surface area contributed by atoms with Crippen LogP contribution in [0.2, 0.25) is 0 Å². The molecule has 2 heterocycles. The summed E-state index contributed by atoms with van der Waals surface area (Å²) < 4.78 is 0. The first kappa shape index (κ1) is 14.4. The maximum absolute atomic E-state index is 11.4. The molecule has 5 nitrogen and oxygen atoms in total. The molecule has 1 aromatic heterocycles. The summed E-state index contributed by atoms with van der Waals surface area (Å²) in [6.45, 7) is 3.61. The van der Waals surface area contributed by atoms with E-state index in [4.69, 9.17) is 5.73 Å². The van der Waals surface area contributed by atoms with Crippen LogP contribution in [0, 0.1) is 0 Å². The maximum atomic E-state index is 11.4. The summed E-state index contributed by atoms with van der Waals surface area (Å²) in [5.74, 6) is -0.181. The van der Waals surface area contributed by atoms with E-state index in [2.05, 4.69) is 22.2 Å². The van der Waals surface area contributed by atoms with E-state index in [0.29, 0.717) is 5.13 Å². The number of hydrogen-bond acceptors (Lipinski definition) is 5. The number of anilines is 1. The predicted octanol–water partition coefficient (Wildman–Crippen LogP) is 0.839. The Kier molecular flexibility index (Phi) is 4.88. The third kappa shape index (κ3) is 3.38. The SMILES string of the molecule is CC(N)C(=O)Nc1nc2c(s1)CN(C)CC2.Cl. The van der Waals surface area contributed by atoms with Gasteiger partial charge in [0.25, 0.3) is 0 Å². The van der Waals surface area contributed by atoms with E-state index < -0.39 is 6.04 Å². The molecule has 96 valence electrons. The molecule has 0 saturated carbocycles. The van der Waals surface area contributed by atoms with Crippen molar-refractivity contribution in [3.8, 4) is 0 Å². The second kappa shape index (κ2) is 5.77. The van der Waals surface area contributed by atoms with Crippen molar-refractivity contribution in [3.63, 3.8) is 0 Å². The molecule has 1 aromatic rings. The number of carbonyl (C=O) groups is 1. The van der Waals surface area contributed by atoms with Crippen LogP contribution in [0.4, 0.5) is 5.13 Å². The van der Waals surface area contributed by atoms with Gasteiger partial charge in [-0.2, -0.15) is 0 Å². The first-order chi connectivity index (χ1) is 7.56. The quantitative estimate of drug-likeness (QED) is 0.840. The number of amides is 1.